The van der Waals surface area contributed by atoms with Crippen LogP contribution in [0, 0.1) is 0 Å². The van der Waals surface area contributed by atoms with Gasteiger partial charge in [0.25, 0.3) is 0 Å². The Morgan fingerprint density at radius 3 is 2.80 bits per heavy atom. The van der Waals surface area contributed by atoms with Gasteiger partial charge in [-0.15, -0.1) is 0 Å². The van der Waals surface area contributed by atoms with Crippen molar-refractivity contribution < 1.29 is 4.79 Å². The predicted octanol–water partition coefficient (Wildman–Crippen LogP) is 2.30. The first-order valence-corrected chi connectivity index (χ1v) is 9.53. The van der Waals surface area contributed by atoms with Crippen LogP contribution in [0.5, 0.6) is 0 Å². The molecule has 0 N–H and O–H groups in total. The van der Waals surface area contributed by atoms with E-state index in [2.05, 4.69) is 31.1 Å². The summed E-state index contributed by atoms with van der Waals surface area (Å²) in [4.78, 5) is 29.2. The zero-order valence-electron chi connectivity index (χ0n) is 14.8. The summed E-state index contributed by atoms with van der Waals surface area (Å²) in [5.41, 5.74) is 0.968. The van der Waals surface area contributed by atoms with Crippen molar-refractivity contribution in [3.8, 4) is 0 Å². The van der Waals surface area contributed by atoms with E-state index in [-0.39, 0.29) is 11.9 Å². The van der Waals surface area contributed by atoms with Gasteiger partial charge in [0, 0.05) is 68.5 Å². The second-order valence-corrected chi connectivity index (χ2v) is 7.04. The van der Waals surface area contributed by atoms with Crippen LogP contribution in [0.1, 0.15) is 44.5 Å². The number of nitrogens with zero attached hydrogens (tertiary/aromatic N) is 6. The zero-order chi connectivity index (χ0) is 17.6. The Balaban J connectivity index is 1.66. The Morgan fingerprint density at radius 2 is 2.12 bits per heavy atom. The van der Waals surface area contributed by atoms with Gasteiger partial charge in [-0.1, -0.05) is 6.92 Å². The molecule has 0 unspecified atom stereocenters. The monoisotopic (exact) mass is 360 g/mol. The van der Waals surface area contributed by atoms with E-state index < -0.39 is 0 Å². The summed E-state index contributed by atoms with van der Waals surface area (Å²) in [5.74, 6) is 1.02. The van der Waals surface area contributed by atoms with E-state index in [1.54, 1.807) is 19.3 Å². The molecule has 0 bridgehead atoms. The lowest BCUT2D eigenvalue weighted by atomic mass is 10.1. The molecule has 2 aromatic rings. The number of carbonyl (C=O) groups is 1. The van der Waals surface area contributed by atoms with Gasteiger partial charge in [0.1, 0.15) is 12.2 Å². The molecule has 0 spiro atoms. The SMILES string of the molecule is CCc1nsc(N2CCC[C@@H](N(Cc3cncnc3)C(C)=O)CC2)n1. The zero-order valence-corrected chi connectivity index (χ0v) is 15.6. The topological polar surface area (TPSA) is 75.1 Å². The van der Waals surface area contributed by atoms with E-state index in [1.165, 1.54) is 17.9 Å². The van der Waals surface area contributed by atoms with Crippen LogP contribution in [0.15, 0.2) is 18.7 Å². The first-order valence-electron chi connectivity index (χ1n) is 8.76. The first kappa shape index (κ1) is 17.7. The fraction of sp³-hybridized carbons (Fsp3) is 0.588. The predicted molar refractivity (Wildman–Crippen MR) is 97.4 cm³/mol. The number of aryl methyl sites for hydroxylation is 1. The van der Waals surface area contributed by atoms with Crippen LogP contribution in [-0.2, 0) is 17.8 Å². The van der Waals surface area contributed by atoms with Gasteiger partial charge in [-0.2, -0.15) is 4.37 Å². The second kappa shape index (κ2) is 8.33. The number of aromatic nitrogens is 4. The maximum Gasteiger partial charge on any atom is 0.219 e. The summed E-state index contributed by atoms with van der Waals surface area (Å²) in [5, 5.41) is 1.00. The van der Waals surface area contributed by atoms with Crippen molar-refractivity contribution in [3.05, 3.63) is 30.1 Å². The Labute approximate surface area is 152 Å². The molecule has 8 heteroatoms. The molecule has 0 saturated carbocycles. The van der Waals surface area contributed by atoms with Crippen LogP contribution < -0.4 is 4.90 Å². The van der Waals surface area contributed by atoms with Crippen molar-refractivity contribution in [2.24, 2.45) is 0 Å². The second-order valence-electron chi connectivity index (χ2n) is 6.31. The summed E-state index contributed by atoms with van der Waals surface area (Å²) < 4.78 is 4.39. The molecular formula is C17H24N6OS. The average Bonchev–Trinajstić information content (AvgIpc) is 2.98. The number of hydrogen-bond acceptors (Lipinski definition) is 7. The number of hydrogen-bond donors (Lipinski definition) is 0. The highest BCUT2D eigenvalue weighted by Crippen LogP contribution is 2.24. The molecule has 0 aliphatic carbocycles. The third-order valence-electron chi connectivity index (χ3n) is 4.55. The van der Waals surface area contributed by atoms with Crippen molar-refractivity contribution in [1.82, 2.24) is 24.2 Å². The third-order valence-corrected chi connectivity index (χ3v) is 5.37. The Kier molecular flexibility index (Phi) is 5.91. The first-order chi connectivity index (χ1) is 12.2. The molecule has 1 aliphatic rings. The highest BCUT2D eigenvalue weighted by atomic mass is 32.1. The molecule has 1 amide bonds. The lowest BCUT2D eigenvalue weighted by Gasteiger charge is -2.30. The molecule has 7 nitrogen and oxygen atoms in total. The van der Waals surface area contributed by atoms with Crippen LogP contribution in [0.4, 0.5) is 5.13 Å². The van der Waals surface area contributed by atoms with Crippen molar-refractivity contribution in [2.75, 3.05) is 18.0 Å². The number of carbonyl (C=O) groups excluding carboxylic acids is 1. The van der Waals surface area contributed by atoms with Crippen molar-refractivity contribution in [1.29, 1.82) is 0 Å². The Bertz CT molecular complexity index is 691. The Hall–Kier alpha value is -2.09. The molecule has 2 aromatic heterocycles. The summed E-state index contributed by atoms with van der Waals surface area (Å²) in [6.07, 6.45) is 8.92. The maximum absolute atomic E-state index is 12.2. The summed E-state index contributed by atoms with van der Waals surface area (Å²) >= 11 is 1.48. The minimum absolute atomic E-state index is 0.103. The Morgan fingerprint density at radius 1 is 1.32 bits per heavy atom. The minimum atomic E-state index is 0.103. The van der Waals surface area contributed by atoms with Gasteiger partial charge in [-0.05, 0) is 19.3 Å². The number of anilines is 1. The average molecular weight is 360 g/mol. The normalized spacial score (nSPS) is 18.0. The molecule has 134 valence electrons. The summed E-state index contributed by atoms with van der Waals surface area (Å²) in [7, 11) is 0. The maximum atomic E-state index is 12.2. The van der Waals surface area contributed by atoms with Crippen LogP contribution in [0.25, 0.3) is 0 Å². The number of rotatable bonds is 5. The fourth-order valence-electron chi connectivity index (χ4n) is 3.20. The highest BCUT2D eigenvalue weighted by molar-refractivity contribution is 7.09. The van der Waals surface area contributed by atoms with E-state index >= 15 is 0 Å². The van der Waals surface area contributed by atoms with Gasteiger partial charge in [0.2, 0.25) is 11.0 Å². The molecule has 1 saturated heterocycles. The molecule has 1 atom stereocenters. The van der Waals surface area contributed by atoms with Gasteiger partial charge < -0.3 is 9.80 Å². The molecule has 1 fully saturated rings. The smallest absolute Gasteiger partial charge is 0.219 e. The van der Waals surface area contributed by atoms with Crippen LogP contribution >= 0.6 is 11.5 Å². The van der Waals surface area contributed by atoms with Gasteiger partial charge in [0.05, 0.1) is 0 Å². The van der Waals surface area contributed by atoms with Crippen LogP contribution in [0.2, 0.25) is 0 Å². The van der Waals surface area contributed by atoms with E-state index in [0.717, 1.165) is 55.3 Å². The largest absolute Gasteiger partial charge is 0.347 e. The fourth-order valence-corrected chi connectivity index (χ4v) is 4.01. The number of amides is 1. The lowest BCUT2D eigenvalue weighted by molar-refractivity contribution is -0.132. The molecule has 1 aliphatic heterocycles. The van der Waals surface area contributed by atoms with Crippen molar-refractivity contribution >= 4 is 22.6 Å². The molecule has 0 radical (unpaired) electrons. The third kappa shape index (κ3) is 4.50. The molecule has 3 heterocycles. The minimum Gasteiger partial charge on any atom is -0.347 e. The molecular weight excluding hydrogens is 336 g/mol. The van der Waals surface area contributed by atoms with Crippen molar-refractivity contribution in [2.45, 2.75) is 52.1 Å². The van der Waals surface area contributed by atoms with Gasteiger partial charge in [-0.25, -0.2) is 15.0 Å². The molecule has 3 rings (SSSR count). The van der Waals surface area contributed by atoms with E-state index in [4.69, 9.17) is 0 Å². The standard InChI is InChI=1S/C17H24N6OS/c1-3-16-20-17(25-21-16)22-7-4-5-15(6-8-22)23(13(2)24)11-14-9-18-12-19-10-14/h9-10,12,15H,3-8,11H2,1-2H3/t15-/m1/s1. The summed E-state index contributed by atoms with van der Waals surface area (Å²) in [6.45, 7) is 6.15. The van der Waals surface area contributed by atoms with Gasteiger partial charge >= 0.3 is 0 Å². The lowest BCUT2D eigenvalue weighted by Crippen LogP contribution is -2.39. The highest BCUT2D eigenvalue weighted by Gasteiger charge is 2.26. The quantitative estimate of drug-likeness (QED) is 0.814. The van der Waals surface area contributed by atoms with Crippen LogP contribution in [-0.4, -0.2) is 49.3 Å². The molecule has 25 heavy (non-hydrogen) atoms. The van der Waals surface area contributed by atoms with Crippen LogP contribution in [0.3, 0.4) is 0 Å². The van der Waals surface area contributed by atoms with E-state index in [9.17, 15) is 4.79 Å². The van der Waals surface area contributed by atoms with E-state index in [0.29, 0.717) is 6.54 Å². The van der Waals surface area contributed by atoms with Gasteiger partial charge in [0.15, 0.2) is 0 Å². The van der Waals surface area contributed by atoms with Crippen molar-refractivity contribution in [3.63, 3.8) is 0 Å². The van der Waals surface area contributed by atoms with Gasteiger partial charge in [-0.3, -0.25) is 4.79 Å². The molecule has 0 aromatic carbocycles. The van der Waals surface area contributed by atoms with E-state index in [1.807, 2.05) is 4.90 Å². The summed E-state index contributed by atoms with van der Waals surface area (Å²) in [6, 6.07) is 0.237.